The van der Waals surface area contributed by atoms with Crippen LogP contribution in [-0.2, 0) is 14.8 Å². The van der Waals surface area contributed by atoms with Crippen LogP contribution >= 0.6 is 0 Å². The highest BCUT2D eigenvalue weighted by Gasteiger charge is 2.21. The minimum atomic E-state index is -3.73. The normalized spacial score (nSPS) is 15.6. The standard InChI is InChI=1S/C20H23N5O4S/c1-15(26)25-11-9-24(10-12-25)8-7-22-30(27,28)17-13-18-19(16-5-3-2-4-6-16)23-29-20(18)21-14-17/h2-6,13-14,22H,7-12H2,1H3. The zero-order valence-corrected chi connectivity index (χ0v) is 17.4. The minimum absolute atomic E-state index is 0.0665. The molecule has 4 rings (SSSR count). The number of aromatic nitrogens is 2. The average molecular weight is 430 g/mol. The van der Waals surface area contributed by atoms with Crippen molar-refractivity contribution < 1.29 is 17.7 Å². The van der Waals surface area contributed by atoms with E-state index >= 15 is 0 Å². The van der Waals surface area contributed by atoms with E-state index in [2.05, 4.69) is 19.8 Å². The van der Waals surface area contributed by atoms with Gasteiger partial charge in [0.2, 0.25) is 15.9 Å². The Balaban J connectivity index is 1.43. The molecule has 0 saturated carbocycles. The molecule has 158 valence electrons. The Labute approximate surface area is 174 Å². The van der Waals surface area contributed by atoms with Crippen molar-refractivity contribution in [1.29, 1.82) is 0 Å². The molecule has 1 N–H and O–H groups in total. The second-order valence-electron chi connectivity index (χ2n) is 7.17. The zero-order chi connectivity index (χ0) is 21.1. The number of fused-ring (bicyclic) bond motifs is 1. The highest BCUT2D eigenvalue weighted by atomic mass is 32.2. The molecule has 30 heavy (non-hydrogen) atoms. The molecule has 1 fully saturated rings. The second-order valence-corrected chi connectivity index (χ2v) is 8.93. The molecule has 1 aliphatic heterocycles. The van der Waals surface area contributed by atoms with Crippen LogP contribution in [0.3, 0.4) is 0 Å². The van der Waals surface area contributed by atoms with Gasteiger partial charge in [0.05, 0.1) is 11.6 Å². The number of piperazine rings is 1. The Morgan fingerprint density at radius 2 is 1.90 bits per heavy atom. The maximum Gasteiger partial charge on any atom is 0.258 e. The summed E-state index contributed by atoms with van der Waals surface area (Å²) in [6.45, 7) is 5.20. The third-order valence-corrected chi connectivity index (χ3v) is 6.63. The quantitative estimate of drug-likeness (QED) is 0.630. The van der Waals surface area contributed by atoms with Gasteiger partial charge in [0, 0.05) is 51.8 Å². The summed E-state index contributed by atoms with van der Waals surface area (Å²) in [6, 6.07) is 10.9. The third-order valence-electron chi connectivity index (χ3n) is 5.20. The van der Waals surface area contributed by atoms with E-state index in [1.54, 1.807) is 11.8 Å². The number of nitrogens with zero attached hydrogens (tertiary/aromatic N) is 4. The Hall–Kier alpha value is -2.82. The van der Waals surface area contributed by atoms with Gasteiger partial charge in [-0.15, -0.1) is 0 Å². The smallest absolute Gasteiger partial charge is 0.258 e. The number of nitrogens with one attached hydrogen (secondary N) is 1. The molecule has 1 amide bonds. The molecule has 0 atom stereocenters. The molecule has 0 unspecified atom stereocenters. The fourth-order valence-corrected chi connectivity index (χ4v) is 4.46. The number of rotatable bonds is 6. The number of sulfonamides is 1. The van der Waals surface area contributed by atoms with Crippen LogP contribution in [0.4, 0.5) is 0 Å². The maximum absolute atomic E-state index is 12.8. The van der Waals surface area contributed by atoms with E-state index in [1.807, 2.05) is 30.3 Å². The van der Waals surface area contributed by atoms with Gasteiger partial charge in [-0.25, -0.2) is 18.1 Å². The van der Waals surface area contributed by atoms with Gasteiger partial charge in [-0.05, 0) is 6.07 Å². The Morgan fingerprint density at radius 3 is 2.60 bits per heavy atom. The molecule has 1 aromatic carbocycles. The van der Waals surface area contributed by atoms with E-state index in [4.69, 9.17) is 4.52 Å². The first kappa shape index (κ1) is 20.5. The predicted molar refractivity (Wildman–Crippen MR) is 111 cm³/mol. The first-order valence-electron chi connectivity index (χ1n) is 9.72. The molecule has 9 nitrogen and oxygen atoms in total. The van der Waals surface area contributed by atoms with E-state index in [-0.39, 0.29) is 23.1 Å². The van der Waals surface area contributed by atoms with Crippen molar-refractivity contribution in [3.8, 4) is 11.3 Å². The molecule has 0 radical (unpaired) electrons. The lowest BCUT2D eigenvalue weighted by Crippen LogP contribution is -2.49. The van der Waals surface area contributed by atoms with Crippen LogP contribution in [0, 0.1) is 0 Å². The molecule has 2 aromatic heterocycles. The second kappa shape index (κ2) is 8.50. The van der Waals surface area contributed by atoms with Crippen LogP contribution in [0.5, 0.6) is 0 Å². The monoisotopic (exact) mass is 429 g/mol. The largest absolute Gasteiger partial charge is 0.340 e. The fourth-order valence-electron chi connectivity index (χ4n) is 3.47. The van der Waals surface area contributed by atoms with Crippen molar-refractivity contribution in [2.45, 2.75) is 11.8 Å². The van der Waals surface area contributed by atoms with Crippen LogP contribution in [-0.4, -0.2) is 73.5 Å². The van der Waals surface area contributed by atoms with Gasteiger partial charge in [0.1, 0.15) is 10.6 Å². The average Bonchev–Trinajstić information content (AvgIpc) is 3.18. The number of pyridine rings is 1. The van der Waals surface area contributed by atoms with Crippen LogP contribution in [0.15, 0.2) is 52.0 Å². The van der Waals surface area contributed by atoms with E-state index < -0.39 is 10.0 Å². The highest BCUT2D eigenvalue weighted by molar-refractivity contribution is 7.89. The van der Waals surface area contributed by atoms with Gasteiger partial charge in [-0.3, -0.25) is 9.69 Å². The van der Waals surface area contributed by atoms with Crippen LogP contribution in [0.1, 0.15) is 6.92 Å². The van der Waals surface area contributed by atoms with Crippen molar-refractivity contribution in [3.63, 3.8) is 0 Å². The Bertz CT molecular complexity index is 1140. The number of amides is 1. The van der Waals surface area contributed by atoms with E-state index in [1.165, 1.54) is 12.3 Å². The first-order chi connectivity index (χ1) is 14.4. The summed E-state index contributed by atoms with van der Waals surface area (Å²) in [4.78, 5) is 19.5. The Kier molecular flexibility index (Phi) is 5.80. The molecule has 3 heterocycles. The van der Waals surface area contributed by atoms with Crippen LogP contribution < -0.4 is 4.72 Å². The number of hydrogen-bond donors (Lipinski definition) is 1. The number of benzene rings is 1. The van der Waals surface area contributed by atoms with Gasteiger partial charge < -0.3 is 9.42 Å². The maximum atomic E-state index is 12.8. The Morgan fingerprint density at radius 1 is 1.17 bits per heavy atom. The summed E-state index contributed by atoms with van der Waals surface area (Å²) in [6.07, 6.45) is 1.27. The van der Waals surface area contributed by atoms with Crippen LogP contribution in [0.2, 0.25) is 0 Å². The molecule has 3 aromatic rings. The van der Waals surface area contributed by atoms with Gasteiger partial charge in [0.15, 0.2) is 0 Å². The first-order valence-corrected chi connectivity index (χ1v) is 11.2. The molecule has 0 spiro atoms. The van der Waals surface area contributed by atoms with Crippen molar-refractivity contribution in [3.05, 3.63) is 42.6 Å². The van der Waals surface area contributed by atoms with Crippen molar-refractivity contribution in [2.75, 3.05) is 39.3 Å². The summed E-state index contributed by atoms with van der Waals surface area (Å²) < 4.78 is 33.4. The summed E-state index contributed by atoms with van der Waals surface area (Å²) >= 11 is 0. The lowest BCUT2D eigenvalue weighted by Gasteiger charge is -2.34. The van der Waals surface area contributed by atoms with Gasteiger partial charge in [0.25, 0.3) is 5.71 Å². The van der Waals surface area contributed by atoms with Crippen LogP contribution in [0.25, 0.3) is 22.4 Å². The number of carbonyl (C=O) groups is 1. The topological polar surface area (TPSA) is 109 Å². The van der Waals surface area contributed by atoms with Crippen molar-refractivity contribution in [2.24, 2.45) is 0 Å². The van der Waals surface area contributed by atoms with Gasteiger partial charge in [-0.1, -0.05) is 35.5 Å². The highest BCUT2D eigenvalue weighted by Crippen LogP contribution is 2.28. The SMILES string of the molecule is CC(=O)N1CCN(CCNS(=O)(=O)c2cnc3onc(-c4ccccc4)c3c2)CC1. The van der Waals surface area contributed by atoms with E-state index in [9.17, 15) is 13.2 Å². The molecule has 1 saturated heterocycles. The lowest BCUT2D eigenvalue weighted by atomic mass is 10.1. The molecule has 0 bridgehead atoms. The predicted octanol–water partition coefficient (Wildman–Crippen LogP) is 1.33. The number of carbonyl (C=O) groups excluding carboxylic acids is 1. The van der Waals surface area contributed by atoms with E-state index in [0.717, 1.165) is 18.7 Å². The molecule has 10 heteroatoms. The molecule has 1 aliphatic rings. The number of hydrogen-bond acceptors (Lipinski definition) is 7. The van der Waals surface area contributed by atoms with Crippen molar-refractivity contribution >= 4 is 27.0 Å². The third kappa shape index (κ3) is 4.35. The minimum Gasteiger partial charge on any atom is -0.340 e. The lowest BCUT2D eigenvalue weighted by molar-refractivity contribution is -0.130. The molecular weight excluding hydrogens is 406 g/mol. The molecular formula is C20H23N5O4S. The summed E-state index contributed by atoms with van der Waals surface area (Å²) in [7, 11) is -3.73. The summed E-state index contributed by atoms with van der Waals surface area (Å²) in [5.41, 5.74) is 1.67. The molecule has 0 aliphatic carbocycles. The summed E-state index contributed by atoms with van der Waals surface area (Å²) in [5.74, 6) is 0.0712. The van der Waals surface area contributed by atoms with Gasteiger partial charge in [-0.2, -0.15) is 0 Å². The van der Waals surface area contributed by atoms with E-state index in [0.29, 0.717) is 30.7 Å². The fraction of sp³-hybridized carbons (Fsp3) is 0.350. The van der Waals surface area contributed by atoms with Gasteiger partial charge >= 0.3 is 0 Å². The summed E-state index contributed by atoms with van der Waals surface area (Å²) in [5, 5.41) is 4.59. The zero-order valence-electron chi connectivity index (χ0n) is 16.6. The van der Waals surface area contributed by atoms with Crippen molar-refractivity contribution in [1.82, 2.24) is 24.7 Å².